The zero-order valence-corrected chi connectivity index (χ0v) is 7.73. The summed E-state index contributed by atoms with van der Waals surface area (Å²) in [5.74, 6) is -0.641. The summed E-state index contributed by atoms with van der Waals surface area (Å²) in [7, 11) is 0.789. The highest BCUT2D eigenvalue weighted by molar-refractivity contribution is 6.51. The molecule has 0 spiro atoms. The lowest BCUT2D eigenvalue weighted by molar-refractivity contribution is -0.114. The monoisotopic (exact) mass is 179 g/mol. The Hall–Kier alpha value is -1.32. The minimum Gasteiger partial charge on any atom is -0.324 e. The van der Waals surface area contributed by atoms with Crippen LogP contribution < -0.4 is 10.8 Å². The Kier molecular flexibility index (Phi) is 3.06. The summed E-state index contributed by atoms with van der Waals surface area (Å²) in [5, 5.41) is 2.41. The van der Waals surface area contributed by atoms with Gasteiger partial charge >= 0.3 is 0 Å². The number of rotatable bonds is 2. The minimum absolute atomic E-state index is 0.240. The summed E-state index contributed by atoms with van der Waals surface area (Å²) < 4.78 is 13.2. The van der Waals surface area contributed by atoms with Gasteiger partial charge < -0.3 is 5.32 Å². The predicted molar refractivity (Wildman–Crippen MR) is 53.4 cm³/mol. The van der Waals surface area contributed by atoms with E-state index in [1.165, 1.54) is 13.0 Å². The van der Waals surface area contributed by atoms with Crippen LogP contribution in [0.3, 0.4) is 0 Å². The zero-order chi connectivity index (χ0) is 9.84. The normalized spacial score (nSPS) is 9.46. The molecular weight excluding hydrogens is 168 g/mol. The molecule has 0 fully saturated rings. The Bertz CT molecular complexity index is 327. The average molecular weight is 179 g/mol. The highest BCUT2D eigenvalue weighted by atomic mass is 19.1. The second-order valence-electron chi connectivity index (χ2n) is 2.85. The molecule has 13 heavy (non-hydrogen) atoms. The van der Waals surface area contributed by atoms with Crippen LogP contribution in [0.4, 0.5) is 10.1 Å². The number of nitrogens with one attached hydrogen (secondary N) is 1. The molecule has 0 aromatic heterocycles. The number of hydrogen-bond acceptors (Lipinski definition) is 1. The van der Waals surface area contributed by atoms with Crippen LogP contribution in [0, 0.1) is 5.82 Å². The van der Waals surface area contributed by atoms with Crippen LogP contribution in [0.2, 0.25) is 6.82 Å². The van der Waals surface area contributed by atoms with Crippen molar-refractivity contribution in [2.45, 2.75) is 13.7 Å². The van der Waals surface area contributed by atoms with Gasteiger partial charge in [-0.05, 0) is 12.1 Å². The Morgan fingerprint density at radius 3 is 2.69 bits per heavy atom. The van der Waals surface area contributed by atoms with E-state index in [0.29, 0.717) is 0 Å². The molecule has 68 valence electrons. The maximum absolute atomic E-state index is 13.2. The molecule has 2 nitrogen and oxygen atoms in total. The highest BCUT2D eigenvalue weighted by Gasteiger charge is 2.03. The summed E-state index contributed by atoms with van der Waals surface area (Å²) in [6, 6.07) is 4.81. The van der Waals surface area contributed by atoms with Crippen molar-refractivity contribution in [3.63, 3.8) is 0 Å². The maximum atomic E-state index is 13.2. The van der Waals surface area contributed by atoms with Gasteiger partial charge in [0.2, 0.25) is 5.91 Å². The first-order chi connectivity index (χ1) is 6.13. The van der Waals surface area contributed by atoms with Crippen LogP contribution in [0.5, 0.6) is 0 Å². The van der Waals surface area contributed by atoms with Crippen molar-refractivity contribution in [2.24, 2.45) is 0 Å². The molecule has 0 bridgehead atoms. The molecule has 0 unspecified atom stereocenters. The Labute approximate surface area is 77.4 Å². The van der Waals surface area contributed by atoms with Gasteiger partial charge in [0, 0.05) is 6.92 Å². The zero-order valence-electron chi connectivity index (χ0n) is 7.73. The largest absolute Gasteiger partial charge is 0.324 e. The molecule has 0 aliphatic heterocycles. The van der Waals surface area contributed by atoms with E-state index in [-0.39, 0.29) is 17.4 Å². The molecule has 0 atom stereocenters. The number of amides is 1. The first kappa shape index (κ1) is 9.77. The van der Waals surface area contributed by atoms with Crippen LogP contribution in [-0.4, -0.2) is 13.2 Å². The lowest BCUT2D eigenvalue weighted by atomic mass is 9.73. The van der Waals surface area contributed by atoms with Crippen LogP contribution in [0.1, 0.15) is 6.92 Å². The first-order valence-corrected chi connectivity index (χ1v) is 4.19. The SMILES string of the molecule is CBc1ccc(NC(C)=O)c(F)c1. The van der Waals surface area contributed by atoms with Crippen molar-refractivity contribution < 1.29 is 9.18 Å². The van der Waals surface area contributed by atoms with Gasteiger partial charge in [0.1, 0.15) is 5.82 Å². The maximum Gasteiger partial charge on any atom is 0.221 e. The Balaban J connectivity index is 2.91. The Morgan fingerprint density at radius 1 is 1.54 bits per heavy atom. The van der Waals surface area contributed by atoms with Crippen LogP contribution in [0.15, 0.2) is 18.2 Å². The van der Waals surface area contributed by atoms with Crippen molar-refractivity contribution in [1.29, 1.82) is 0 Å². The second-order valence-corrected chi connectivity index (χ2v) is 2.85. The molecule has 0 radical (unpaired) electrons. The van der Waals surface area contributed by atoms with Crippen molar-refractivity contribution in [3.8, 4) is 0 Å². The predicted octanol–water partition coefficient (Wildman–Crippen LogP) is 0.894. The van der Waals surface area contributed by atoms with Gasteiger partial charge in [0.05, 0.1) is 5.69 Å². The number of benzene rings is 1. The summed E-state index contributed by atoms with van der Waals surface area (Å²) >= 11 is 0. The van der Waals surface area contributed by atoms with Gasteiger partial charge in [-0.2, -0.15) is 0 Å². The van der Waals surface area contributed by atoms with Crippen LogP contribution in [0.25, 0.3) is 0 Å². The van der Waals surface area contributed by atoms with E-state index in [1.54, 1.807) is 12.1 Å². The molecule has 1 aromatic carbocycles. The Morgan fingerprint density at radius 2 is 2.23 bits per heavy atom. The average Bonchev–Trinajstić information content (AvgIpc) is 2.08. The number of carbonyl (C=O) groups is 1. The van der Waals surface area contributed by atoms with E-state index < -0.39 is 0 Å². The number of carbonyl (C=O) groups excluding carboxylic acids is 1. The van der Waals surface area contributed by atoms with Crippen LogP contribution in [-0.2, 0) is 4.79 Å². The molecular formula is C9H11BFNO. The smallest absolute Gasteiger partial charge is 0.221 e. The molecule has 0 saturated carbocycles. The summed E-state index contributed by atoms with van der Waals surface area (Å²) in [4.78, 5) is 10.6. The van der Waals surface area contributed by atoms with E-state index in [0.717, 1.165) is 12.7 Å². The van der Waals surface area contributed by atoms with E-state index in [4.69, 9.17) is 0 Å². The summed E-state index contributed by atoms with van der Waals surface area (Å²) in [6.45, 7) is 3.31. The van der Waals surface area contributed by atoms with Gasteiger partial charge in [-0.1, -0.05) is 18.4 Å². The minimum atomic E-state index is -0.380. The number of halogens is 1. The van der Waals surface area contributed by atoms with Gasteiger partial charge in [-0.15, -0.1) is 0 Å². The van der Waals surface area contributed by atoms with Gasteiger partial charge in [0.25, 0.3) is 0 Å². The fraction of sp³-hybridized carbons (Fsp3) is 0.222. The van der Waals surface area contributed by atoms with Crippen molar-refractivity contribution in [1.82, 2.24) is 0 Å². The van der Waals surface area contributed by atoms with E-state index >= 15 is 0 Å². The molecule has 1 N–H and O–H groups in total. The van der Waals surface area contributed by atoms with Gasteiger partial charge in [-0.3, -0.25) is 4.79 Å². The number of hydrogen-bond donors (Lipinski definition) is 1. The fourth-order valence-electron chi connectivity index (χ4n) is 1.07. The van der Waals surface area contributed by atoms with Gasteiger partial charge in [0.15, 0.2) is 7.28 Å². The third-order valence-electron chi connectivity index (χ3n) is 1.75. The third kappa shape index (κ3) is 2.58. The van der Waals surface area contributed by atoms with E-state index in [9.17, 15) is 9.18 Å². The third-order valence-corrected chi connectivity index (χ3v) is 1.75. The standard InChI is InChI=1S/C9H11BFNO/c1-6(13)12-9-4-3-7(10-2)5-8(9)11/h3-5,10H,1-2H3,(H,12,13). The van der Waals surface area contributed by atoms with Crippen molar-refractivity contribution >= 4 is 24.3 Å². The first-order valence-electron chi connectivity index (χ1n) is 4.19. The summed E-state index contributed by atoms with van der Waals surface area (Å²) in [6.07, 6.45) is 0. The molecule has 0 aliphatic rings. The van der Waals surface area contributed by atoms with E-state index in [2.05, 4.69) is 5.32 Å². The summed E-state index contributed by atoms with van der Waals surface area (Å²) in [5.41, 5.74) is 1.16. The van der Waals surface area contributed by atoms with Crippen LogP contribution >= 0.6 is 0 Å². The molecule has 0 aliphatic carbocycles. The lowest BCUT2D eigenvalue weighted by Crippen LogP contribution is -2.14. The molecule has 4 heteroatoms. The van der Waals surface area contributed by atoms with E-state index in [1.807, 2.05) is 6.82 Å². The molecule has 0 saturated heterocycles. The molecule has 1 aromatic rings. The van der Waals surface area contributed by atoms with Gasteiger partial charge in [-0.25, -0.2) is 4.39 Å². The topological polar surface area (TPSA) is 29.1 Å². The molecule has 1 rings (SSSR count). The molecule has 0 heterocycles. The fourth-order valence-corrected chi connectivity index (χ4v) is 1.07. The van der Waals surface area contributed by atoms with Crippen molar-refractivity contribution in [3.05, 3.63) is 24.0 Å². The number of anilines is 1. The van der Waals surface area contributed by atoms with Crippen molar-refractivity contribution in [2.75, 3.05) is 5.32 Å². The lowest BCUT2D eigenvalue weighted by Gasteiger charge is -2.04. The quantitative estimate of drug-likeness (QED) is 0.671. The second kappa shape index (κ2) is 4.07. The highest BCUT2D eigenvalue weighted by Crippen LogP contribution is 2.10. The molecule has 1 amide bonds.